The van der Waals surface area contributed by atoms with Gasteiger partial charge >= 0.3 is 0 Å². The minimum Gasteiger partial charge on any atom is -0.321 e. The molecule has 1 N–H and O–H groups in total. The Morgan fingerprint density at radius 2 is 1.65 bits per heavy atom. The lowest BCUT2D eigenvalue weighted by Crippen LogP contribution is -2.27. The van der Waals surface area contributed by atoms with Crippen molar-refractivity contribution >= 4 is 11.6 Å². The van der Waals surface area contributed by atoms with E-state index in [1.54, 1.807) is 12.4 Å². The quantitative estimate of drug-likeness (QED) is 0.397. The fraction of sp³-hybridized carbons (Fsp3) is 0.207. The zero-order chi connectivity index (χ0) is 24.2. The predicted octanol–water partition coefficient (Wildman–Crippen LogP) is 5.89. The molecule has 4 rings (SSSR count). The van der Waals surface area contributed by atoms with E-state index in [-0.39, 0.29) is 11.0 Å². The van der Waals surface area contributed by atoms with Gasteiger partial charge in [0.15, 0.2) is 5.43 Å². The molecule has 172 valence electrons. The van der Waals surface area contributed by atoms with Crippen molar-refractivity contribution < 1.29 is 4.79 Å². The van der Waals surface area contributed by atoms with Crippen molar-refractivity contribution in [1.82, 2.24) is 9.55 Å². The molecule has 2 aromatic carbocycles. The van der Waals surface area contributed by atoms with Crippen molar-refractivity contribution in [2.75, 3.05) is 5.32 Å². The Morgan fingerprint density at radius 3 is 2.26 bits per heavy atom. The van der Waals surface area contributed by atoms with Gasteiger partial charge in [0.25, 0.3) is 5.91 Å². The summed E-state index contributed by atoms with van der Waals surface area (Å²) in [6.45, 7) is 8.02. The van der Waals surface area contributed by atoms with Crippen molar-refractivity contribution in [1.29, 1.82) is 0 Å². The van der Waals surface area contributed by atoms with Gasteiger partial charge in [-0.2, -0.15) is 0 Å². The number of carbonyl (C=O) groups excluding carboxylic acids is 1. The Hall–Kier alpha value is -3.99. The van der Waals surface area contributed by atoms with Crippen LogP contribution in [0.25, 0.3) is 16.9 Å². The van der Waals surface area contributed by atoms with E-state index in [1.165, 1.54) is 6.07 Å². The molecule has 0 radical (unpaired) electrons. The third-order valence-electron chi connectivity index (χ3n) is 6.16. The summed E-state index contributed by atoms with van der Waals surface area (Å²) in [6.07, 6.45) is 4.93. The standard InChI is InChI=1S/C29H29N3O2/c1-5-21-12-9-13-22(6-2)27(21)31-29(34)26-25(33)17-20(4)32(24-15-8-7-11-19(24)3)28(26)23-14-10-16-30-18-23/h7-18H,5-6H2,1-4H3,(H,31,34). The number of pyridine rings is 2. The summed E-state index contributed by atoms with van der Waals surface area (Å²) in [6, 6.07) is 19.2. The molecule has 0 saturated heterocycles. The Bertz CT molecular complexity index is 1380. The van der Waals surface area contributed by atoms with Crippen LogP contribution in [-0.2, 0) is 12.8 Å². The van der Waals surface area contributed by atoms with Crippen LogP contribution in [0.5, 0.6) is 0 Å². The fourth-order valence-electron chi connectivity index (χ4n) is 4.43. The number of hydrogen-bond acceptors (Lipinski definition) is 3. The molecule has 0 atom stereocenters. The van der Waals surface area contributed by atoms with Crippen molar-refractivity contribution in [2.24, 2.45) is 0 Å². The second kappa shape index (κ2) is 9.87. The van der Waals surface area contributed by atoms with Gasteiger partial charge in [0, 0.05) is 41.1 Å². The maximum atomic E-state index is 13.8. The van der Waals surface area contributed by atoms with E-state index in [0.717, 1.165) is 46.6 Å². The highest BCUT2D eigenvalue weighted by Gasteiger charge is 2.24. The van der Waals surface area contributed by atoms with Gasteiger partial charge in [-0.05, 0) is 61.6 Å². The number of amides is 1. The van der Waals surface area contributed by atoms with E-state index in [4.69, 9.17) is 0 Å². The monoisotopic (exact) mass is 451 g/mol. The van der Waals surface area contributed by atoms with E-state index < -0.39 is 5.91 Å². The van der Waals surface area contributed by atoms with Crippen molar-refractivity contribution in [3.63, 3.8) is 0 Å². The third kappa shape index (κ3) is 4.29. The molecular formula is C29H29N3O2. The first kappa shape index (κ1) is 23.2. The smallest absolute Gasteiger partial charge is 0.261 e. The largest absolute Gasteiger partial charge is 0.321 e. The van der Waals surface area contributed by atoms with E-state index >= 15 is 0 Å². The van der Waals surface area contributed by atoms with Crippen LogP contribution in [0.3, 0.4) is 0 Å². The first-order valence-electron chi connectivity index (χ1n) is 11.6. The molecule has 2 heterocycles. The molecule has 34 heavy (non-hydrogen) atoms. The number of carbonyl (C=O) groups is 1. The number of rotatable bonds is 6. The molecule has 0 fully saturated rings. The van der Waals surface area contributed by atoms with Crippen LogP contribution >= 0.6 is 0 Å². The number of anilines is 1. The molecule has 4 aromatic rings. The fourth-order valence-corrected chi connectivity index (χ4v) is 4.43. The van der Waals surface area contributed by atoms with Gasteiger partial charge in [-0.3, -0.25) is 14.6 Å². The Morgan fingerprint density at radius 1 is 0.941 bits per heavy atom. The molecule has 5 heteroatoms. The topological polar surface area (TPSA) is 64.0 Å². The Balaban J connectivity index is 1.99. The van der Waals surface area contributed by atoms with Crippen molar-refractivity contribution in [3.05, 3.63) is 111 Å². The van der Waals surface area contributed by atoms with Crippen LogP contribution < -0.4 is 10.7 Å². The second-order valence-corrected chi connectivity index (χ2v) is 8.35. The molecule has 0 unspecified atom stereocenters. The third-order valence-corrected chi connectivity index (χ3v) is 6.16. The lowest BCUT2D eigenvalue weighted by molar-refractivity contribution is 0.102. The zero-order valence-corrected chi connectivity index (χ0v) is 20.1. The van der Waals surface area contributed by atoms with Gasteiger partial charge < -0.3 is 9.88 Å². The van der Waals surface area contributed by atoms with E-state index in [9.17, 15) is 9.59 Å². The number of para-hydroxylation sites is 2. The summed E-state index contributed by atoms with van der Waals surface area (Å²) in [4.78, 5) is 31.4. The molecule has 2 aromatic heterocycles. The lowest BCUT2D eigenvalue weighted by atomic mass is 10.0. The lowest BCUT2D eigenvalue weighted by Gasteiger charge is -2.22. The minimum atomic E-state index is -0.415. The number of benzene rings is 2. The van der Waals surface area contributed by atoms with Gasteiger partial charge in [0.1, 0.15) is 5.56 Å². The van der Waals surface area contributed by atoms with Gasteiger partial charge in [-0.1, -0.05) is 50.2 Å². The Kier molecular flexibility index (Phi) is 6.73. The van der Waals surface area contributed by atoms with Gasteiger partial charge in [0.05, 0.1) is 5.69 Å². The number of nitrogens with zero attached hydrogens (tertiary/aromatic N) is 2. The number of nitrogens with one attached hydrogen (secondary N) is 1. The number of aryl methyl sites for hydroxylation is 4. The highest BCUT2D eigenvalue weighted by atomic mass is 16.2. The molecule has 0 aliphatic rings. The summed E-state index contributed by atoms with van der Waals surface area (Å²) in [5.74, 6) is -0.415. The highest BCUT2D eigenvalue weighted by Crippen LogP contribution is 2.30. The molecule has 0 aliphatic heterocycles. The molecule has 5 nitrogen and oxygen atoms in total. The minimum absolute atomic E-state index is 0.106. The van der Waals surface area contributed by atoms with Crippen molar-refractivity contribution in [2.45, 2.75) is 40.5 Å². The summed E-state index contributed by atoms with van der Waals surface area (Å²) < 4.78 is 1.98. The molecule has 0 saturated carbocycles. The van der Waals surface area contributed by atoms with Crippen molar-refractivity contribution in [3.8, 4) is 16.9 Å². The average Bonchev–Trinajstić information content (AvgIpc) is 2.85. The molecule has 0 aliphatic carbocycles. The van der Waals surface area contributed by atoms with Crippen LogP contribution in [0.15, 0.2) is 77.9 Å². The van der Waals surface area contributed by atoms with Crippen LogP contribution in [0.1, 0.15) is 46.6 Å². The highest BCUT2D eigenvalue weighted by molar-refractivity contribution is 6.09. The summed E-state index contributed by atoms with van der Waals surface area (Å²) in [7, 11) is 0. The first-order chi connectivity index (χ1) is 16.5. The van der Waals surface area contributed by atoms with Crippen LogP contribution in [0.4, 0.5) is 5.69 Å². The summed E-state index contributed by atoms with van der Waals surface area (Å²) in [5.41, 5.74) is 6.61. The number of hydrogen-bond donors (Lipinski definition) is 1. The maximum absolute atomic E-state index is 13.8. The number of aromatic nitrogens is 2. The summed E-state index contributed by atoms with van der Waals surface area (Å²) in [5, 5.41) is 3.09. The maximum Gasteiger partial charge on any atom is 0.261 e. The van der Waals surface area contributed by atoms with Gasteiger partial charge in [-0.15, -0.1) is 0 Å². The molecule has 0 bridgehead atoms. The predicted molar refractivity (Wildman–Crippen MR) is 138 cm³/mol. The van der Waals surface area contributed by atoms with E-state index in [0.29, 0.717) is 11.3 Å². The molecule has 1 amide bonds. The van der Waals surface area contributed by atoms with Gasteiger partial charge in [0.2, 0.25) is 0 Å². The van der Waals surface area contributed by atoms with Gasteiger partial charge in [-0.25, -0.2) is 0 Å². The molecular weight excluding hydrogens is 422 g/mol. The second-order valence-electron chi connectivity index (χ2n) is 8.35. The SMILES string of the molecule is CCc1cccc(CC)c1NC(=O)c1c(-c2cccnc2)n(-c2ccccc2C)c(C)cc1=O. The van der Waals surface area contributed by atoms with E-state index in [2.05, 4.69) is 24.1 Å². The Labute approximate surface area is 200 Å². The van der Waals surface area contributed by atoms with Crippen LogP contribution in [-0.4, -0.2) is 15.5 Å². The summed E-state index contributed by atoms with van der Waals surface area (Å²) >= 11 is 0. The molecule has 0 spiro atoms. The normalized spacial score (nSPS) is 10.8. The van der Waals surface area contributed by atoms with Crippen LogP contribution in [0, 0.1) is 13.8 Å². The van der Waals surface area contributed by atoms with Crippen LogP contribution in [0.2, 0.25) is 0 Å². The zero-order valence-electron chi connectivity index (χ0n) is 20.1. The first-order valence-corrected chi connectivity index (χ1v) is 11.6. The van der Waals surface area contributed by atoms with E-state index in [1.807, 2.05) is 73.0 Å². The average molecular weight is 452 g/mol.